The van der Waals surface area contributed by atoms with Crippen molar-refractivity contribution in [2.45, 2.75) is 64.6 Å². The number of piperazine rings is 1. The van der Waals surface area contributed by atoms with Crippen molar-refractivity contribution < 1.29 is 4.74 Å². The fourth-order valence-electron chi connectivity index (χ4n) is 3.66. The van der Waals surface area contributed by atoms with E-state index in [4.69, 9.17) is 4.74 Å². The van der Waals surface area contributed by atoms with E-state index < -0.39 is 0 Å². The molecule has 1 saturated carbocycles. The number of methoxy groups -OCH3 is 1. The summed E-state index contributed by atoms with van der Waals surface area (Å²) >= 11 is 0. The highest BCUT2D eigenvalue weighted by Gasteiger charge is 2.49. The molecule has 1 saturated heterocycles. The summed E-state index contributed by atoms with van der Waals surface area (Å²) in [6.07, 6.45) is 2.79. The maximum Gasteiger partial charge on any atom is 0.0641 e. The second-order valence-electron chi connectivity index (χ2n) is 7.76. The Labute approximate surface area is 119 Å². The first-order chi connectivity index (χ1) is 8.80. The summed E-state index contributed by atoms with van der Waals surface area (Å²) < 4.78 is 5.47. The third-order valence-electron chi connectivity index (χ3n) is 5.14. The van der Waals surface area contributed by atoms with E-state index in [2.05, 4.69) is 44.8 Å². The maximum absolute atomic E-state index is 5.47. The van der Waals surface area contributed by atoms with Crippen molar-refractivity contribution in [3.63, 3.8) is 0 Å². The number of nitrogens with zero attached hydrogens (tertiary/aromatic N) is 1. The Kier molecular flexibility index (Phi) is 4.29. The molecule has 2 atom stereocenters. The van der Waals surface area contributed by atoms with Crippen LogP contribution in [0.1, 0.15) is 47.5 Å². The molecule has 0 aromatic carbocycles. The van der Waals surface area contributed by atoms with E-state index in [1.165, 1.54) is 12.8 Å². The summed E-state index contributed by atoms with van der Waals surface area (Å²) in [5, 5.41) is 3.85. The van der Waals surface area contributed by atoms with Gasteiger partial charge in [-0.05, 0) is 45.4 Å². The molecule has 2 fully saturated rings. The van der Waals surface area contributed by atoms with Gasteiger partial charge < -0.3 is 10.1 Å². The first-order valence-electron chi connectivity index (χ1n) is 7.81. The molecule has 1 N–H and O–H groups in total. The monoisotopic (exact) mass is 268 g/mol. The van der Waals surface area contributed by atoms with E-state index in [-0.39, 0.29) is 5.54 Å². The van der Waals surface area contributed by atoms with Gasteiger partial charge in [0.2, 0.25) is 0 Å². The van der Waals surface area contributed by atoms with Crippen LogP contribution in [-0.2, 0) is 4.74 Å². The minimum absolute atomic E-state index is 0.113. The fourth-order valence-corrected chi connectivity index (χ4v) is 3.66. The van der Waals surface area contributed by atoms with Crippen LogP contribution >= 0.6 is 0 Å². The van der Waals surface area contributed by atoms with Crippen LogP contribution in [0.3, 0.4) is 0 Å². The van der Waals surface area contributed by atoms with E-state index >= 15 is 0 Å². The largest absolute Gasteiger partial charge is 0.383 e. The topological polar surface area (TPSA) is 24.5 Å². The number of ether oxygens (including phenoxy) is 1. The van der Waals surface area contributed by atoms with Crippen LogP contribution in [0.25, 0.3) is 0 Å². The Balaban J connectivity index is 2.17. The normalized spacial score (nSPS) is 33.9. The molecule has 0 bridgehead atoms. The molecule has 0 spiro atoms. The van der Waals surface area contributed by atoms with Crippen molar-refractivity contribution in [1.82, 2.24) is 10.2 Å². The molecule has 1 aliphatic heterocycles. The van der Waals surface area contributed by atoms with Gasteiger partial charge in [0, 0.05) is 37.3 Å². The third kappa shape index (κ3) is 3.14. The van der Waals surface area contributed by atoms with E-state index in [0.717, 1.165) is 25.6 Å². The zero-order valence-electron chi connectivity index (χ0n) is 13.6. The van der Waals surface area contributed by atoms with Gasteiger partial charge in [-0.3, -0.25) is 4.90 Å². The molecule has 1 heterocycles. The summed E-state index contributed by atoms with van der Waals surface area (Å²) in [5.41, 5.74) is 0.415. The molecule has 112 valence electrons. The number of nitrogens with one attached hydrogen (secondary N) is 1. The first-order valence-corrected chi connectivity index (χ1v) is 7.81. The standard InChI is InChI=1S/C16H32N2O/c1-12(2)14-9-17-16(5,13-7-8-13)10-18(14)15(3,4)11-19-6/h12-14,17H,7-11H2,1-6H3. The average Bonchev–Trinajstić information content (AvgIpc) is 3.12. The Morgan fingerprint density at radius 3 is 2.47 bits per heavy atom. The second kappa shape index (κ2) is 5.34. The van der Waals surface area contributed by atoms with Crippen LogP contribution in [0.4, 0.5) is 0 Å². The molecule has 0 aromatic heterocycles. The molecule has 3 heteroatoms. The van der Waals surface area contributed by atoms with E-state index in [1.807, 2.05) is 7.11 Å². The van der Waals surface area contributed by atoms with E-state index in [1.54, 1.807) is 0 Å². The lowest BCUT2D eigenvalue weighted by atomic mass is 9.84. The lowest BCUT2D eigenvalue weighted by molar-refractivity contribution is -0.0504. The van der Waals surface area contributed by atoms with Crippen LogP contribution in [-0.4, -0.2) is 48.8 Å². The molecule has 19 heavy (non-hydrogen) atoms. The Morgan fingerprint density at radius 1 is 1.37 bits per heavy atom. The molecule has 2 rings (SSSR count). The van der Waals surface area contributed by atoms with Crippen molar-refractivity contribution in [3.05, 3.63) is 0 Å². The second-order valence-corrected chi connectivity index (χ2v) is 7.76. The third-order valence-corrected chi connectivity index (χ3v) is 5.14. The summed E-state index contributed by atoms with van der Waals surface area (Å²) in [4.78, 5) is 2.70. The molecule has 0 radical (unpaired) electrons. The van der Waals surface area contributed by atoms with E-state index in [0.29, 0.717) is 17.5 Å². The molecular weight excluding hydrogens is 236 g/mol. The molecular formula is C16H32N2O. The minimum atomic E-state index is 0.113. The lowest BCUT2D eigenvalue weighted by Gasteiger charge is -2.54. The smallest absolute Gasteiger partial charge is 0.0641 e. The molecule has 2 unspecified atom stereocenters. The quantitative estimate of drug-likeness (QED) is 0.829. The number of hydrogen-bond acceptors (Lipinski definition) is 3. The predicted octanol–water partition coefficient (Wildman–Crippen LogP) is 2.51. The van der Waals surface area contributed by atoms with Crippen LogP contribution in [0.2, 0.25) is 0 Å². The summed E-state index contributed by atoms with van der Waals surface area (Å²) in [7, 11) is 1.81. The van der Waals surface area contributed by atoms with Gasteiger partial charge in [-0.25, -0.2) is 0 Å². The van der Waals surface area contributed by atoms with Crippen LogP contribution in [0, 0.1) is 11.8 Å². The first kappa shape index (κ1) is 15.3. The van der Waals surface area contributed by atoms with Gasteiger partial charge in [-0.1, -0.05) is 13.8 Å². The Morgan fingerprint density at radius 2 is 2.00 bits per heavy atom. The molecule has 1 aliphatic carbocycles. The summed E-state index contributed by atoms with van der Waals surface area (Å²) in [6.45, 7) is 14.8. The van der Waals surface area contributed by atoms with Crippen molar-refractivity contribution in [3.8, 4) is 0 Å². The van der Waals surface area contributed by atoms with E-state index in [9.17, 15) is 0 Å². The van der Waals surface area contributed by atoms with Gasteiger partial charge in [0.05, 0.1) is 6.61 Å². The van der Waals surface area contributed by atoms with Gasteiger partial charge in [0.15, 0.2) is 0 Å². The van der Waals surface area contributed by atoms with Crippen molar-refractivity contribution in [2.24, 2.45) is 11.8 Å². The minimum Gasteiger partial charge on any atom is -0.383 e. The lowest BCUT2D eigenvalue weighted by Crippen LogP contribution is -2.70. The SMILES string of the molecule is COCC(C)(C)N1CC(C)(C2CC2)NCC1C(C)C. The van der Waals surface area contributed by atoms with Gasteiger partial charge in [0.1, 0.15) is 0 Å². The number of rotatable bonds is 5. The zero-order chi connectivity index (χ0) is 14.3. The van der Waals surface area contributed by atoms with Crippen molar-refractivity contribution in [1.29, 1.82) is 0 Å². The fraction of sp³-hybridized carbons (Fsp3) is 1.00. The van der Waals surface area contributed by atoms with Crippen molar-refractivity contribution >= 4 is 0 Å². The molecule has 2 aliphatic rings. The van der Waals surface area contributed by atoms with Crippen LogP contribution in [0.15, 0.2) is 0 Å². The molecule has 0 amide bonds. The maximum atomic E-state index is 5.47. The highest BCUT2D eigenvalue weighted by molar-refractivity contribution is 5.07. The highest BCUT2D eigenvalue weighted by atomic mass is 16.5. The Bertz CT molecular complexity index is 312. The molecule has 0 aromatic rings. The van der Waals surface area contributed by atoms with Gasteiger partial charge in [-0.2, -0.15) is 0 Å². The van der Waals surface area contributed by atoms with Crippen LogP contribution in [0.5, 0.6) is 0 Å². The highest BCUT2D eigenvalue weighted by Crippen LogP contribution is 2.43. The van der Waals surface area contributed by atoms with Gasteiger partial charge in [-0.15, -0.1) is 0 Å². The zero-order valence-corrected chi connectivity index (χ0v) is 13.6. The van der Waals surface area contributed by atoms with Gasteiger partial charge in [0.25, 0.3) is 0 Å². The Hall–Kier alpha value is -0.120. The summed E-state index contributed by atoms with van der Waals surface area (Å²) in [5.74, 6) is 1.55. The predicted molar refractivity (Wildman–Crippen MR) is 80.4 cm³/mol. The summed E-state index contributed by atoms with van der Waals surface area (Å²) in [6, 6.07) is 0.608. The van der Waals surface area contributed by atoms with Crippen LogP contribution < -0.4 is 5.32 Å². The van der Waals surface area contributed by atoms with Crippen molar-refractivity contribution in [2.75, 3.05) is 26.8 Å². The van der Waals surface area contributed by atoms with Gasteiger partial charge >= 0.3 is 0 Å². The number of hydrogen-bond donors (Lipinski definition) is 1. The average molecular weight is 268 g/mol. The molecule has 3 nitrogen and oxygen atoms in total.